The Morgan fingerprint density at radius 1 is 1.11 bits per heavy atom. The summed E-state index contributed by atoms with van der Waals surface area (Å²) >= 11 is 4.84. The second kappa shape index (κ2) is 8.29. The zero-order chi connectivity index (χ0) is 18.6. The molecule has 0 radical (unpaired) electrons. The standard InChI is InChI=1S/C20H19BrN4OS/c21-17-8-4-3-7-16(17)19(26)22-20-24-23-18(27-20)10-12-25-11-9-14-5-1-2-6-15(14)13-25/h1-8H,9-13H2,(H,22,24,26). The fourth-order valence-electron chi connectivity index (χ4n) is 3.21. The lowest BCUT2D eigenvalue weighted by Crippen LogP contribution is -2.32. The zero-order valence-corrected chi connectivity index (χ0v) is 17.1. The number of benzene rings is 2. The van der Waals surface area contributed by atoms with Gasteiger partial charge in [0.1, 0.15) is 5.01 Å². The van der Waals surface area contributed by atoms with E-state index in [4.69, 9.17) is 0 Å². The highest BCUT2D eigenvalue weighted by Gasteiger charge is 2.17. The molecule has 1 aliphatic heterocycles. The van der Waals surface area contributed by atoms with Crippen LogP contribution in [-0.2, 0) is 19.4 Å². The van der Waals surface area contributed by atoms with Crippen LogP contribution in [0.2, 0.25) is 0 Å². The molecule has 1 aromatic heterocycles. The van der Waals surface area contributed by atoms with Crippen LogP contribution in [0.3, 0.4) is 0 Å². The zero-order valence-electron chi connectivity index (χ0n) is 14.7. The maximum atomic E-state index is 12.4. The lowest BCUT2D eigenvalue weighted by atomic mass is 10.00. The van der Waals surface area contributed by atoms with Gasteiger partial charge in [-0.05, 0) is 45.6 Å². The summed E-state index contributed by atoms with van der Waals surface area (Å²) in [4.78, 5) is 14.8. The molecule has 5 nitrogen and oxygen atoms in total. The number of halogens is 1. The van der Waals surface area contributed by atoms with E-state index in [1.165, 1.54) is 22.5 Å². The first-order valence-corrected chi connectivity index (χ1v) is 10.5. The molecule has 3 aromatic rings. The molecule has 7 heteroatoms. The quantitative estimate of drug-likeness (QED) is 0.644. The summed E-state index contributed by atoms with van der Waals surface area (Å²) in [6, 6.07) is 16.0. The Bertz CT molecular complexity index is 958. The summed E-state index contributed by atoms with van der Waals surface area (Å²) < 4.78 is 0.762. The summed E-state index contributed by atoms with van der Waals surface area (Å²) in [5, 5.41) is 12.7. The normalized spacial score (nSPS) is 14.0. The summed E-state index contributed by atoms with van der Waals surface area (Å²) in [5.41, 5.74) is 3.46. The summed E-state index contributed by atoms with van der Waals surface area (Å²) in [6.07, 6.45) is 1.93. The Morgan fingerprint density at radius 3 is 2.74 bits per heavy atom. The first-order valence-electron chi connectivity index (χ1n) is 8.86. The van der Waals surface area contributed by atoms with Crippen molar-refractivity contribution in [2.75, 3.05) is 18.4 Å². The van der Waals surface area contributed by atoms with Crippen LogP contribution in [0, 0.1) is 0 Å². The molecule has 0 atom stereocenters. The van der Waals surface area contributed by atoms with Crippen molar-refractivity contribution in [1.29, 1.82) is 0 Å². The van der Waals surface area contributed by atoms with Crippen LogP contribution in [0.15, 0.2) is 53.0 Å². The Labute approximate surface area is 170 Å². The third-order valence-corrected chi connectivity index (χ3v) is 6.25. The van der Waals surface area contributed by atoms with Crippen LogP contribution in [-0.4, -0.2) is 34.1 Å². The average Bonchev–Trinajstić information content (AvgIpc) is 3.14. The lowest BCUT2D eigenvalue weighted by Gasteiger charge is -2.28. The number of fused-ring (bicyclic) bond motifs is 1. The van der Waals surface area contributed by atoms with Gasteiger partial charge in [0.05, 0.1) is 5.56 Å². The predicted octanol–water partition coefficient (Wildman–Crippen LogP) is 4.15. The van der Waals surface area contributed by atoms with E-state index < -0.39 is 0 Å². The minimum Gasteiger partial charge on any atom is -0.298 e. The van der Waals surface area contributed by atoms with Gasteiger partial charge in [0.2, 0.25) is 5.13 Å². The molecule has 0 unspecified atom stereocenters. The smallest absolute Gasteiger partial charge is 0.258 e. The van der Waals surface area contributed by atoms with E-state index in [0.29, 0.717) is 10.7 Å². The van der Waals surface area contributed by atoms with E-state index in [0.717, 1.165) is 42.0 Å². The van der Waals surface area contributed by atoms with E-state index in [2.05, 4.69) is 60.6 Å². The lowest BCUT2D eigenvalue weighted by molar-refractivity contribution is 0.102. The highest BCUT2D eigenvalue weighted by molar-refractivity contribution is 9.10. The Hall–Kier alpha value is -2.09. The molecule has 2 heterocycles. The third kappa shape index (κ3) is 4.43. The molecule has 1 amide bonds. The van der Waals surface area contributed by atoms with Crippen molar-refractivity contribution in [3.05, 3.63) is 74.7 Å². The maximum absolute atomic E-state index is 12.4. The molecule has 2 aromatic carbocycles. The number of amides is 1. The molecule has 0 saturated carbocycles. The minimum absolute atomic E-state index is 0.183. The van der Waals surface area contributed by atoms with Gasteiger partial charge in [-0.2, -0.15) is 0 Å². The number of hydrogen-bond donors (Lipinski definition) is 1. The van der Waals surface area contributed by atoms with Crippen LogP contribution in [0.5, 0.6) is 0 Å². The number of rotatable bonds is 5. The number of anilines is 1. The van der Waals surface area contributed by atoms with E-state index in [1.807, 2.05) is 18.2 Å². The van der Waals surface area contributed by atoms with Crippen molar-refractivity contribution >= 4 is 38.3 Å². The Kier molecular flexibility index (Phi) is 5.61. The number of aromatic nitrogens is 2. The molecule has 138 valence electrons. The third-order valence-electron chi connectivity index (χ3n) is 4.66. The van der Waals surface area contributed by atoms with Crippen molar-refractivity contribution in [2.24, 2.45) is 0 Å². The molecular formula is C20H19BrN4OS. The number of hydrogen-bond acceptors (Lipinski definition) is 5. The van der Waals surface area contributed by atoms with Gasteiger partial charge in [-0.15, -0.1) is 10.2 Å². The first kappa shape index (κ1) is 18.3. The van der Waals surface area contributed by atoms with Gasteiger partial charge in [0.25, 0.3) is 5.91 Å². The highest BCUT2D eigenvalue weighted by Crippen LogP contribution is 2.22. The number of nitrogens with zero attached hydrogens (tertiary/aromatic N) is 3. The molecule has 4 rings (SSSR count). The highest BCUT2D eigenvalue weighted by atomic mass is 79.9. The van der Waals surface area contributed by atoms with E-state index in [9.17, 15) is 4.79 Å². The fraction of sp³-hybridized carbons (Fsp3) is 0.250. The molecule has 0 fully saturated rings. The van der Waals surface area contributed by atoms with Gasteiger partial charge in [0.15, 0.2) is 0 Å². The molecule has 0 spiro atoms. The molecule has 1 aliphatic rings. The van der Waals surface area contributed by atoms with Gasteiger partial charge in [0, 0.05) is 30.5 Å². The minimum atomic E-state index is -0.183. The Balaban J connectivity index is 1.32. The molecular weight excluding hydrogens is 424 g/mol. The van der Waals surface area contributed by atoms with Crippen molar-refractivity contribution in [1.82, 2.24) is 15.1 Å². The van der Waals surface area contributed by atoms with Crippen molar-refractivity contribution in [2.45, 2.75) is 19.4 Å². The molecule has 0 aliphatic carbocycles. The fourth-order valence-corrected chi connectivity index (χ4v) is 4.40. The van der Waals surface area contributed by atoms with Crippen LogP contribution in [0.1, 0.15) is 26.5 Å². The second-order valence-electron chi connectivity index (χ2n) is 6.48. The first-order chi connectivity index (χ1) is 13.2. The van der Waals surface area contributed by atoms with Gasteiger partial charge in [-0.3, -0.25) is 15.0 Å². The van der Waals surface area contributed by atoms with E-state index >= 15 is 0 Å². The van der Waals surface area contributed by atoms with Gasteiger partial charge < -0.3 is 0 Å². The number of carbonyl (C=O) groups excluding carboxylic acids is 1. The monoisotopic (exact) mass is 442 g/mol. The van der Waals surface area contributed by atoms with Crippen LogP contribution in [0.25, 0.3) is 0 Å². The van der Waals surface area contributed by atoms with Gasteiger partial charge in [-0.1, -0.05) is 47.7 Å². The van der Waals surface area contributed by atoms with Crippen LogP contribution >= 0.6 is 27.3 Å². The van der Waals surface area contributed by atoms with Gasteiger partial charge in [-0.25, -0.2) is 0 Å². The molecule has 0 saturated heterocycles. The van der Waals surface area contributed by atoms with E-state index in [1.54, 1.807) is 6.07 Å². The van der Waals surface area contributed by atoms with Crippen molar-refractivity contribution in [3.63, 3.8) is 0 Å². The van der Waals surface area contributed by atoms with Crippen LogP contribution < -0.4 is 5.32 Å². The summed E-state index contributed by atoms with van der Waals surface area (Å²) in [7, 11) is 0. The molecule has 1 N–H and O–H groups in total. The predicted molar refractivity (Wildman–Crippen MR) is 111 cm³/mol. The van der Waals surface area contributed by atoms with E-state index in [-0.39, 0.29) is 5.91 Å². The summed E-state index contributed by atoms with van der Waals surface area (Å²) in [6.45, 7) is 3.00. The molecule has 27 heavy (non-hydrogen) atoms. The Morgan fingerprint density at radius 2 is 1.89 bits per heavy atom. The summed E-state index contributed by atoms with van der Waals surface area (Å²) in [5.74, 6) is -0.183. The number of nitrogens with one attached hydrogen (secondary N) is 1. The number of carbonyl (C=O) groups is 1. The topological polar surface area (TPSA) is 58.1 Å². The van der Waals surface area contributed by atoms with Crippen LogP contribution in [0.4, 0.5) is 5.13 Å². The second-order valence-corrected chi connectivity index (χ2v) is 8.40. The van der Waals surface area contributed by atoms with Crippen molar-refractivity contribution in [3.8, 4) is 0 Å². The average molecular weight is 443 g/mol. The largest absolute Gasteiger partial charge is 0.298 e. The van der Waals surface area contributed by atoms with Crippen molar-refractivity contribution < 1.29 is 4.79 Å². The maximum Gasteiger partial charge on any atom is 0.258 e. The van der Waals surface area contributed by atoms with Gasteiger partial charge >= 0.3 is 0 Å². The molecule has 0 bridgehead atoms. The SMILES string of the molecule is O=C(Nc1nnc(CCN2CCc3ccccc3C2)s1)c1ccccc1Br.